The minimum absolute atomic E-state index is 0.0457. The predicted octanol–water partition coefficient (Wildman–Crippen LogP) is 5.11. The molecule has 0 spiro atoms. The standard InChI is InChI=1S/C25H32O8/c1-4-7-18-20(10-8-17-9-11-23(32-24(17)18)33-25(27)28)30-12-6-13-31-21-15-19(26)22(29-3)14-16(21)5-2/h8,10,14-15,23,26H,4-7,9,11-13H2,1-3H3,(H,27,28). The van der Waals surface area contributed by atoms with E-state index in [0.717, 1.165) is 41.7 Å². The third-order valence-electron chi connectivity index (χ3n) is 5.48. The largest absolute Gasteiger partial charge is 0.508 e. The van der Waals surface area contributed by atoms with Gasteiger partial charge in [0.25, 0.3) is 0 Å². The average Bonchev–Trinajstić information content (AvgIpc) is 2.80. The molecule has 0 saturated carbocycles. The Kier molecular flexibility index (Phi) is 8.52. The number of hydrogen-bond acceptors (Lipinski definition) is 7. The average molecular weight is 461 g/mol. The van der Waals surface area contributed by atoms with E-state index in [2.05, 4.69) is 6.92 Å². The Morgan fingerprint density at radius 3 is 2.55 bits per heavy atom. The fourth-order valence-electron chi connectivity index (χ4n) is 3.87. The molecule has 8 nitrogen and oxygen atoms in total. The van der Waals surface area contributed by atoms with Crippen LogP contribution in [0.2, 0.25) is 0 Å². The molecule has 1 heterocycles. The van der Waals surface area contributed by atoms with E-state index in [9.17, 15) is 9.90 Å². The van der Waals surface area contributed by atoms with Gasteiger partial charge in [-0.2, -0.15) is 0 Å². The van der Waals surface area contributed by atoms with Crippen molar-refractivity contribution < 1.29 is 38.7 Å². The molecule has 0 bridgehead atoms. The van der Waals surface area contributed by atoms with E-state index in [4.69, 9.17) is 28.8 Å². The van der Waals surface area contributed by atoms with E-state index >= 15 is 0 Å². The van der Waals surface area contributed by atoms with Crippen molar-refractivity contribution >= 4 is 6.16 Å². The van der Waals surface area contributed by atoms with Gasteiger partial charge >= 0.3 is 6.16 Å². The van der Waals surface area contributed by atoms with Crippen LogP contribution in [0.25, 0.3) is 0 Å². The van der Waals surface area contributed by atoms with E-state index in [-0.39, 0.29) is 5.75 Å². The van der Waals surface area contributed by atoms with Crippen LogP contribution in [0.3, 0.4) is 0 Å². The third kappa shape index (κ3) is 6.15. The molecule has 2 N–H and O–H groups in total. The molecule has 0 saturated heterocycles. The van der Waals surface area contributed by atoms with Crippen molar-refractivity contribution in [3.63, 3.8) is 0 Å². The Hall–Kier alpha value is -3.29. The van der Waals surface area contributed by atoms with Gasteiger partial charge in [-0.25, -0.2) is 4.79 Å². The molecule has 0 aromatic heterocycles. The Morgan fingerprint density at radius 2 is 1.88 bits per heavy atom. The molecule has 0 aliphatic carbocycles. The summed E-state index contributed by atoms with van der Waals surface area (Å²) in [5.41, 5.74) is 2.93. The molecule has 180 valence electrons. The monoisotopic (exact) mass is 460 g/mol. The highest BCUT2D eigenvalue weighted by Crippen LogP contribution is 2.38. The Bertz CT molecular complexity index is 956. The molecule has 0 fully saturated rings. The number of phenols is 1. The summed E-state index contributed by atoms with van der Waals surface area (Å²) >= 11 is 0. The quantitative estimate of drug-likeness (QED) is 0.352. The molecule has 1 unspecified atom stereocenters. The maximum absolute atomic E-state index is 10.9. The number of carbonyl (C=O) groups is 1. The van der Waals surface area contributed by atoms with Gasteiger partial charge in [-0.3, -0.25) is 0 Å². The zero-order valence-electron chi connectivity index (χ0n) is 19.4. The Labute approximate surface area is 194 Å². The highest BCUT2D eigenvalue weighted by Gasteiger charge is 2.26. The van der Waals surface area contributed by atoms with Crippen LogP contribution in [0.5, 0.6) is 28.7 Å². The highest BCUT2D eigenvalue weighted by molar-refractivity contribution is 5.57. The first-order chi connectivity index (χ1) is 16.0. The summed E-state index contributed by atoms with van der Waals surface area (Å²) in [5.74, 6) is 2.50. The van der Waals surface area contributed by atoms with Crippen molar-refractivity contribution in [2.45, 2.75) is 58.7 Å². The van der Waals surface area contributed by atoms with Crippen molar-refractivity contribution in [2.24, 2.45) is 0 Å². The molecule has 2 aromatic rings. The number of aromatic hydroxyl groups is 1. The lowest BCUT2D eigenvalue weighted by atomic mass is 9.98. The van der Waals surface area contributed by atoms with Crippen LogP contribution in [0.15, 0.2) is 24.3 Å². The normalized spacial score (nSPS) is 14.7. The number of benzene rings is 2. The first kappa shape index (κ1) is 24.4. The predicted molar refractivity (Wildman–Crippen MR) is 122 cm³/mol. The van der Waals surface area contributed by atoms with E-state index < -0.39 is 12.4 Å². The lowest BCUT2D eigenvalue weighted by molar-refractivity contribution is -0.0640. The SMILES string of the molecule is CCCc1c(OCCCOc2cc(O)c(OC)cc2CC)ccc2c1OC(OC(=O)O)CC2. The third-order valence-corrected chi connectivity index (χ3v) is 5.48. The molecule has 33 heavy (non-hydrogen) atoms. The van der Waals surface area contributed by atoms with Gasteiger partial charge in [-0.05, 0) is 42.5 Å². The summed E-state index contributed by atoms with van der Waals surface area (Å²) in [6, 6.07) is 7.27. The zero-order valence-corrected chi connectivity index (χ0v) is 19.4. The Morgan fingerprint density at radius 1 is 1.12 bits per heavy atom. The molecule has 1 aliphatic heterocycles. The van der Waals surface area contributed by atoms with Crippen LogP contribution < -0.4 is 18.9 Å². The minimum Gasteiger partial charge on any atom is -0.504 e. The van der Waals surface area contributed by atoms with Gasteiger partial charge < -0.3 is 33.9 Å². The van der Waals surface area contributed by atoms with Crippen molar-refractivity contribution in [1.29, 1.82) is 0 Å². The minimum atomic E-state index is -1.34. The smallest absolute Gasteiger partial charge is 0.504 e. The summed E-state index contributed by atoms with van der Waals surface area (Å²) in [5, 5.41) is 18.9. The number of methoxy groups -OCH3 is 1. The second kappa shape index (κ2) is 11.5. The summed E-state index contributed by atoms with van der Waals surface area (Å²) in [7, 11) is 1.52. The van der Waals surface area contributed by atoms with E-state index in [0.29, 0.717) is 49.7 Å². The zero-order chi connectivity index (χ0) is 23.8. The number of rotatable bonds is 11. The molecule has 8 heteroatoms. The number of fused-ring (bicyclic) bond motifs is 1. The van der Waals surface area contributed by atoms with Crippen LogP contribution in [0.4, 0.5) is 4.79 Å². The van der Waals surface area contributed by atoms with Crippen molar-refractivity contribution in [3.05, 3.63) is 41.0 Å². The summed E-state index contributed by atoms with van der Waals surface area (Å²) in [6.45, 7) is 4.95. The van der Waals surface area contributed by atoms with E-state index in [1.54, 1.807) is 12.1 Å². The van der Waals surface area contributed by atoms with Crippen molar-refractivity contribution in [2.75, 3.05) is 20.3 Å². The molecule has 0 radical (unpaired) electrons. The fourth-order valence-corrected chi connectivity index (χ4v) is 3.87. The summed E-state index contributed by atoms with van der Waals surface area (Å²) < 4.78 is 27.8. The van der Waals surface area contributed by atoms with Gasteiger partial charge in [0, 0.05) is 24.5 Å². The molecule has 1 aliphatic rings. The number of aryl methyl sites for hydroxylation is 2. The lowest BCUT2D eigenvalue weighted by Crippen LogP contribution is -2.28. The first-order valence-corrected chi connectivity index (χ1v) is 11.3. The molecule has 3 rings (SSSR count). The van der Waals surface area contributed by atoms with E-state index in [1.807, 2.05) is 19.1 Å². The topological polar surface area (TPSA) is 104 Å². The van der Waals surface area contributed by atoms with Crippen LogP contribution in [-0.4, -0.2) is 43.0 Å². The molecule has 1 atom stereocenters. The van der Waals surface area contributed by atoms with Crippen LogP contribution in [0, 0.1) is 0 Å². The fraction of sp³-hybridized carbons (Fsp3) is 0.480. The Balaban J connectivity index is 1.61. The maximum Gasteiger partial charge on any atom is 0.508 e. The molecule has 0 amide bonds. The van der Waals surface area contributed by atoms with Crippen LogP contribution in [-0.2, 0) is 24.0 Å². The lowest BCUT2D eigenvalue weighted by Gasteiger charge is -2.27. The van der Waals surface area contributed by atoms with Crippen LogP contribution in [0.1, 0.15) is 49.8 Å². The number of ether oxygens (including phenoxy) is 5. The number of hydrogen-bond donors (Lipinski definition) is 2. The number of carboxylic acid groups (broad SMARTS) is 1. The highest BCUT2D eigenvalue weighted by atomic mass is 16.8. The molecular weight excluding hydrogens is 428 g/mol. The van der Waals surface area contributed by atoms with Gasteiger partial charge in [0.15, 0.2) is 11.5 Å². The van der Waals surface area contributed by atoms with Gasteiger partial charge in [0.05, 0.1) is 20.3 Å². The van der Waals surface area contributed by atoms with Gasteiger partial charge in [0.2, 0.25) is 6.29 Å². The summed E-state index contributed by atoms with van der Waals surface area (Å²) in [4.78, 5) is 10.9. The van der Waals surface area contributed by atoms with E-state index in [1.165, 1.54) is 7.11 Å². The second-order valence-corrected chi connectivity index (χ2v) is 7.79. The second-order valence-electron chi connectivity index (χ2n) is 7.79. The van der Waals surface area contributed by atoms with Crippen molar-refractivity contribution in [3.8, 4) is 28.7 Å². The van der Waals surface area contributed by atoms with Crippen molar-refractivity contribution in [1.82, 2.24) is 0 Å². The molecular formula is C25H32O8. The van der Waals surface area contributed by atoms with Gasteiger partial charge in [-0.1, -0.05) is 26.3 Å². The van der Waals surface area contributed by atoms with Crippen LogP contribution >= 0.6 is 0 Å². The van der Waals surface area contributed by atoms with Gasteiger partial charge in [0.1, 0.15) is 17.2 Å². The molecule has 2 aromatic carbocycles. The maximum atomic E-state index is 10.9. The van der Waals surface area contributed by atoms with Gasteiger partial charge in [-0.15, -0.1) is 0 Å². The number of phenolic OH excluding ortho intramolecular Hbond substituents is 1. The first-order valence-electron chi connectivity index (χ1n) is 11.3. The summed E-state index contributed by atoms with van der Waals surface area (Å²) in [6.07, 6.45) is 2.07.